The van der Waals surface area contributed by atoms with Crippen molar-refractivity contribution < 1.29 is 9.90 Å². The topological polar surface area (TPSA) is 75.1 Å². The summed E-state index contributed by atoms with van der Waals surface area (Å²) in [5.74, 6) is 0.108. The van der Waals surface area contributed by atoms with Gasteiger partial charge >= 0.3 is 5.97 Å². The van der Waals surface area contributed by atoms with Gasteiger partial charge in [0.2, 0.25) is 0 Å². The van der Waals surface area contributed by atoms with Crippen LogP contribution in [0.5, 0.6) is 0 Å². The number of anilines is 1. The third kappa shape index (κ3) is 4.69. The van der Waals surface area contributed by atoms with E-state index in [4.69, 9.17) is 0 Å². The fraction of sp³-hybridized carbons (Fsp3) is 0.688. The lowest BCUT2D eigenvalue weighted by atomic mass is 9.71. The Bertz CT molecular complexity index is 470. The van der Waals surface area contributed by atoms with Crippen LogP contribution in [0.25, 0.3) is 0 Å². The average molecular weight is 291 g/mol. The summed E-state index contributed by atoms with van der Waals surface area (Å²) in [7, 11) is 0. The molecule has 2 N–H and O–H groups in total. The summed E-state index contributed by atoms with van der Waals surface area (Å²) >= 11 is 0. The fourth-order valence-electron chi connectivity index (χ4n) is 3.20. The van der Waals surface area contributed by atoms with Crippen molar-refractivity contribution in [2.45, 2.75) is 58.3 Å². The van der Waals surface area contributed by atoms with E-state index in [0.717, 1.165) is 50.0 Å². The minimum Gasteiger partial charge on any atom is -0.481 e. The van der Waals surface area contributed by atoms with Gasteiger partial charge in [-0.1, -0.05) is 32.6 Å². The Balaban J connectivity index is 2.00. The number of aryl methyl sites for hydroxylation is 1. The van der Waals surface area contributed by atoms with Crippen molar-refractivity contribution in [2.24, 2.45) is 5.41 Å². The summed E-state index contributed by atoms with van der Waals surface area (Å²) in [6, 6.07) is 1.97. The standard InChI is InChI=1S/C16H25N3O2/c1-2-6-13-9-14(19-12-18-13)17-11-16(10-15(20)21)7-4-3-5-8-16/h9,12H,2-8,10-11H2,1H3,(H,20,21)(H,17,18,19). The van der Waals surface area contributed by atoms with Gasteiger partial charge in [-0.25, -0.2) is 9.97 Å². The van der Waals surface area contributed by atoms with E-state index in [1.54, 1.807) is 6.33 Å². The fourth-order valence-corrected chi connectivity index (χ4v) is 3.20. The maximum atomic E-state index is 11.2. The molecular formula is C16H25N3O2. The minimum atomic E-state index is -0.701. The lowest BCUT2D eigenvalue weighted by Gasteiger charge is -2.36. The van der Waals surface area contributed by atoms with Crippen molar-refractivity contribution in [1.29, 1.82) is 0 Å². The van der Waals surface area contributed by atoms with Crippen LogP contribution in [0.4, 0.5) is 5.82 Å². The molecule has 1 aromatic rings. The molecule has 5 heteroatoms. The smallest absolute Gasteiger partial charge is 0.303 e. The number of nitrogens with zero attached hydrogens (tertiary/aromatic N) is 2. The molecular weight excluding hydrogens is 266 g/mol. The van der Waals surface area contributed by atoms with Crippen LogP contribution >= 0.6 is 0 Å². The van der Waals surface area contributed by atoms with E-state index < -0.39 is 5.97 Å². The molecule has 1 aromatic heterocycles. The van der Waals surface area contributed by atoms with E-state index in [2.05, 4.69) is 22.2 Å². The molecule has 0 aromatic carbocycles. The van der Waals surface area contributed by atoms with Gasteiger partial charge in [0.25, 0.3) is 0 Å². The van der Waals surface area contributed by atoms with Gasteiger partial charge < -0.3 is 10.4 Å². The van der Waals surface area contributed by atoms with Crippen LogP contribution in [0.1, 0.15) is 57.6 Å². The zero-order chi connectivity index (χ0) is 15.1. The highest BCUT2D eigenvalue weighted by Gasteiger charge is 2.34. The Morgan fingerprint density at radius 3 is 2.76 bits per heavy atom. The van der Waals surface area contributed by atoms with Crippen LogP contribution in [0.2, 0.25) is 0 Å². The first-order valence-corrected chi connectivity index (χ1v) is 7.90. The molecule has 0 aliphatic heterocycles. The Morgan fingerprint density at radius 1 is 1.33 bits per heavy atom. The van der Waals surface area contributed by atoms with Crippen molar-refractivity contribution in [2.75, 3.05) is 11.9 Å². The molecule has 0 unspecified atom stereocenters. The molecule has 0 amide bonds. The van der Waals surface area contributed by atoms with Crippen molar-refractivity contribution in [3.8, 4) is 0 Å². The van der Waals surface area contributed by atoms with Crippen molar-refractivity contribution in [3.05, 3.63) is 18.1 Å². The van der Waals surface area contributed by atoms with Crippen molar-refractivity contribution >= 4 is 11.8 Å². The monoisotopic (exact) mass is 291 g/mol. The largest absolute Gasteiger partial charge is 0.481 e. The first kappa shape index (κ1) is 15.7. The number of carboxylic acid groups (broad SMARTS) is 1. The second kappa shape index (κ2) is 7.38. The molecule has 1 fully saturated rings. The van der Waals surface area contributed by atoms with Crippen molar-refractivity contribution in [1.82, 2.24) is 9.97 Å². The summed E-state index contributed by atoms with van der Waals surface area (Å²) < 4.78 is 0. The van der Waals surface area contributed by atoms with E-state index in [-0.39, 0.29) is 11.8 Å². The molecule has 1 saturated carbocycles. The zero-order valence-corrected chi connectivity index (χ0v) is 12.8. The number of carbonyl (C=O) groups is 1. The molecule has 1 aliphatic rings. The minimum absolute atomic E-state index is 0.125. The lowest BCUT2D eigenvalue weighted by molar-refractivity contribution is -0.140. The Kier molecular flexibility index (Phi) is 5.53. The molecule has 1 aliphatic carbocycles. The number of aliphatic carboxylic acids is 1. The number of rotatable bonds is 7. The second-order valence-corrected chi connectivity index (χ2v) is 6.13. The van der Waals surface area contributed by atoms with E-state index in [0.29, 0.717) is 6.54 Å². The number of nitrogens with one attached hydrogen (secondary N) is 1. The van der Waals surface area contributed by atoms with Crippen LogP contribution in [0, 0.1) is 5.41 Å². The molecule has 0 bridgehead atoms. The predicted octanol–water partition coefficient (Wildman–Crippen LogP) is 3.27. The third-order valence-corrected chi connectivity index (χ3v) is 4.31. The summed E-state index contributed by atoms with van der Waals surface area (Å²) in [5, 5.41) is 12.5. The van der Waals surface area contributed by atoms with Gasteiger partial charge in [0.15, 0.2) is 0 Å². The molecule has 0 radical (unpaired) electrons. The molecule has 0 atom stereocenters. The molecule has 116 valence electrons. The molecule has 2 rings (SSSR count). The van der Waals surface area contributed by atoms with Gasteiger partial charge in [-0.3, -0.25) is 4.79 Å². The first-order chi connectivity index (χ1) is 10.1. The van der Waals surface area contributed by atoms with Crippen LogP contribution < -0.4 is 5.32 Å². The summed E-state index contributed by atoms with van der Waals surface area (Å²) in [6.45, 7) is 2.81. The second-order valence-electron chi connectivity index (χ2n) is 6.13. The van der Waals surface area contributed by atoms with Crippen molar-refractivity contribution in [3.63, 3.8) is 0 Å². The van der Waals surface area contributed by atoms with Gasteiger partial charge in [-0.15, -0.1) is 0 Å². The van der Waals surface area contributed by atoms with Gasteiger partial charge in [-0.2, -0.15) is 0 Å². The highest BCUT2D eigenvalue weighted by molar-refractivity contribution is 5.67. The Hall–Kier alpha value is -1.65. The maximum absolute atomic E-state index is 11.2. The molecule has 21 heavy (non-hydrogen) atoms. The molecule has 5 nitrogen and oxygen atoms in total. The van der Waals surface area contributed by atoms with Crippen LogP contribution in [-0.4, -0.2) is 27.6 Å². The third-order valence-electron chi connectivity index (χ3n) is 4.31. The van der Waals surface area contributed by atoms with E-state index in [1.807, 2.05) is 6.07 Å². The van der Waals surface area contributed by atoms with Gasteiger partial charge in [0.1, 0.15) is 12.1 Å². The zero-order valence-electron chi connectivity index (χ0n) is 12.8. The number of carboxylic acids is 1. The Morgan fingerprint density at radius 2 is 2.10 bits per heavy atom. The van der Waals surface area contributed by atoms with Crippen LogP contribution in [-0.2, 0) is 11.2 Å². The highest BCUT2D eigenvalue weighted by Crippen LogP contribution is 2.39. The van der Waals surface area contributed by atoms with Gasteiger partial charge in [0, 0.05) is 18.3 Å². The quantitative estimate of drug-likeness (QED) is 0.806. The lowest BCUT2D eigenvalue weighted by Crippen LogP contribution is -2.34. The van der Waals surface area contributed by atoms with E-state index >= 15 is 0 Å². The van der Waals surface area contributed by atoms with Gasteiger partial charge in [0.05, 0.1) is 6.42 Å². The Labute approximate surface area is 126 Å². The van der Waals surface area contributed by atoms with Crippen LogP contribution in [0.3, 0.4) is 0 Å². The molecule has 1 heterocycles. The maximum Gasteiger partial charge on any atom is 0.303 e. The number of hydrogen-bond donors (Lipinski definition) is 2. The van der Waals surface area contributed by atoms with Crippen LogP contribution in [0.15, 0.2) is 12.4 Å². The normalized spacial score (nSPS) is 17.4. The SMILES string of the molecule is CCCc1cc(NCC2(CC(=O)O)CCCCC2)ncn1. The molecule has 0 spiro atoms. The number of aromatic nitrogens is 2. The molecule has 0 saturated heterocycles. The van der Waals surface area contributed by atoms with E-state index in [9.17, 15) is 9.90 Å². The summed E-state index contributed by atoms with van der Waals surface area (Å²) in [5.41, 5.74) is 0.908. The first-order valence-electron chi connectivity index (χ1n) is 7.90. The van der Waals surface area contributed by atoms with Gasteiger partial charge in [-0.05, 0) is 24.7 Å². The predicted molar refractivity (Wildman–Crippen MR) is 82.3 cm³/mol. The highest BCUT2D eigenvalue weighted by atomic mass is 16.4. The number of hydrogen-bond acceptors (Lipinski definition) is 4. The summed E-state index contributed by atoms with van der Waals surface area (Å²) in [6.07, 6.45) is 9.26. The summed E-state index contributed by atoms with van der Waals surface area (Å²) in [4.78, 5) is 19.7. The van der Waals surface area contributed by atoms with E-state index in [1.165, 1.54) is 6.42 Å². The average Bonchev–Trinajstić information content (AvgIpc) is 2.46.